The van der Waals surface area contributed by atoms with E-state index in [1.54, 1.807) is 36.1 Å². The van der Waals surface area contributed by atoms with Gasteiger partial charge in [0.2, 0.25) is 11.8 Å². The van der Waals surface area contributed by atoms with Gasteiger partial charge in [-0.1, -0.05) is 42.8 Å². The molecular formula is C24H31ClN2O3. The van der Waals surface area contributed by atoms with Crippen LogP contribution in [0.3, 0.4) is 0 Å². The maximum atomic E-state index is 13.0. The molecule has 0 aromatic heterocycles. The molecule has 2 amide bonds. The van der Waals surface area contributed by atoms with E-state index in [1.807, 2.05) is 38.1 Å². The predicted molar refractivity (Wildman–Crippen MR) is 121 cm³/mol. The van der Waals surface area contributed by atoms with E-state index in [0.29, 0.717) is 37.6 Å². The van der Waals surface area contributed by atoms with Gasteiger partial charge in [-0.3, -0.25) is 9.59 Å². The van der Waals surface area contributed by atoms with Crippen molar-refractivity contribution in [3.05, 3.63) is 64.7 Å². The van der Waals surface area contributed by atoms with Crippen LogP contribution in [-0.4, -0.2) is 35.9 Å². The molecule has 30 heavy (non-hydrogen) atoms. The van der Waals surface area contributed by atoms with Crippen LogP contribution in [0.25, 0.3) is 0 Å². The van der Waals surface area contributed by atoms with E-state index in [9.17, 15) is 9.59 Å². The molecule has 6 heteroatoms. The molecule has 1 N–H and O–H groups in total. The van der Waals surface area contributed by atoms with Gasteiger partial charge in [0, 0.05) is 24.5 Å². The summed E-state index contributed by atoms with van der Waals surface area (Å²) in [4.78, 5) is 27.2. The molecule has 0 heterocycles. The largest absolute Gasteiger partial charge is 0.494 e. The highest BCUT2D eigenvalue weighted by molar-refractivity contribution is 6.30. The average Bonchev–Trinajstić information content (AvgIpc) is 2.75. The number of amides is 2. The molecule has 0 spiro atoms. The molecule has 5 nitrogen and oxygen atoms in total. The zero-order valence-electron chi connectivity index (χ0n) is 18.0. The van der Waals surface area contributed by atoms with E-state index in [4.69, 9.17) is 16.3 Å². The lowest BCUT2D eigenvalue weighted by Crippen LogP contribution is -2.47. The van der Waals surface area contributed by atoms with Crippen molar-refractivity contribution in [1.82, 2.24) is 10.2 Å². The Hall–Kier alpha value is -2.53. The smallest absolute Gasteiger partial charge is 0.242 e. The van der Waals surface area contributed by atoms with Crippen molar-refractivity contribution < 1.29 is 14.3 Å². The van der Waals surface area contributed by atoms with E-state index >= 15 is 0 Å². The SMILES string of the molecule is CCCNC(=O)[C@H](C)N(Cc1ccccc1C)C(=O)CCCOc1ccc(Cl)cc1. The number of benzene rings is 2. The fourth-order valence-electron chi connectivity index (χ4n) is 3.04. The Balaban J connectivity index is 1.98. The van der Waals surface area contributed by atoms with Crippen molar-refractivity contribution in [3.63, 3.8) is 0 Å². The van der Waals surface area contributed by atoms with Crippen LogP contribution in [0.15, 0.2) is 48.5 Å². The van der Waals surface area contributed by atoms with Gasteiger partial charge in [-0.05, 0) is 62.1 Å². The summed E-state index contributed by atoms with van der Waals surface area (Å²) in [6.07, 6.45) is 1.73. The van der Waals surface area contributed by atoms with E-state index < -0.39 is 6.04 Å². The minimum atomic E-state index is -0.541. The second-order valence-corrected chi connectivity index (χ2v) is 7.76. The molecular weight excluding hydrogens is 400 g/mol. The van der Waals surface area contributed by atoms with Gasteiger partial charge >= 0.3 is 0 Å². The third-order valence-corrected chi connectivity index (χ3v) is 5.19. The summed E-state index contributed by atoms with van der Waals surface area (Å²) in [5.41, 5.74) is 2.14. The van der Waals surface area contributed by atoms with Gasteiger partial charge in [0.05, 0.1) is 6.61 Å². The van der Waals surface area contributed by atoms with Gasteiger partial charge in [-0.15, -0.1) is 0 Å². The Labute approximate surface area is 184 Å². The van der Waals surface area contributed by atoms with Crippen LogP contribution in [0.1, 0.15) is 44.2 Å². The van der Waals surface area contributed by atoms with Gasteiger partial charge in [-0.2, -0.15) is 0 Å². The third kappa shape index (κ3) is 7.38. The molecule has 0 bridgehead atoms. The number of ether oxygens (including phenoxy) is 1. The van der Waals surface area contributed by atoms with Crippen LogP contribution in [0.4, 0.5) is 0 Å². The summed E-state index contributed by atoms with van der Waals surface area (Å²) >= 11 is 5.88. The highest BCUT2D eigenvalue weighted by Crippen LogP contribution is 2.17. The van der Waals surface area contributed by atoms with Crippen molar-refractivity contribution >= 4 is 23.4 Å². The van der Waals surface area contributed by atoms with E-state index in [2.05, 4.69) is 5.32 Å². The molecule has 2 rings (SSSR count). The summed E-state index contributed by atoms with van der Waals surface area (Å²) < 4.78 is 5.68. The van der Waals surface area contributed by atoms with Gasteiger partial charge in [0.25, 0.3) is 0 Å². The maximum Gasteiger partial charge on any atom is 0.242 e. The van der Waals surface area contributed by atoms with Gasteiger partial charge < -0.3 is 15.0 Å². The number of nitrogens with one attached hydrogen (secondary N) is 1. The van der Waals surface area contributed by atoms with Crippen molar-refractivity contribution in [2.45, 2.75) is 52.6 Å². The predicted octanol–water partition coefficient (Wildman–Crippen LogP) is 4.75. The molecule has 0 aliphatic heterocycles. The standard InChI is InChI=1S/C24H31ClN2O3/c1-4-15-26-24(29)19(3)27(17-20-9-6-5-8-18(20)2)23(28)10-7-16-30-22-13-11-21(25)12-14-22/h5-6,8-9,11-14,19H,4,7,10,15-17H2,1-3H3,(H,26,29)/t19-/m0/s1. The van der Waals surface area contributed by atoms with Crippen molar-refractivity contribution in [2.24, 2.45) is 0 Å². The number of hydrogen-bond donors (Lipinski definition) is 1. The average molecular weight is 431 g/mol. The number of rotatable bonds is 11. The van der Waals surface area contributed by atoms with Gasteiger partial charge in [-0.25, -0.2) is 0 Å². The number of carbonyl (C=O) groups is 2. The zero-order chi connectivity index (χ0) is 21.9. The van der Waals surface area contributed by atoms with E-state index in [1.165, 1.54) is 0 Å². The quantitative estimate of drug-likeness (QED) is 0.523. The monoisotopic (exact) mass is 430 g/mol. The summed E-state index contributed by atoms with van der Waals surface area (Å²) in [6, 6.07) is 14.5. The highest BCUT2D eigenvalue weighted by atomic mass is 35.5. The lowest BCUT2D eigenvalue weighted by molar-refractivity contribution is -0.140. The maximum absolute atomic E-state index is 13.0. The topological polar surface area (TPSA) is 58.6 Å². The molecule has 162 valence electrons. The van der Waals surface area contributed by atoms with Gasteiger partial charge in [0.15, 0.2) is 0 Å². The number of hydrogen-bond acceptors (Lipinski definition) is 3. The number of carbonyl (C=O) groups excluding carboxylic acids is 2. The van der Waals surface area contributed by atoms with Crippen LogP contribution in [0.5, 0.6) is 5.75 Å². The van der Waals surface area contributed by atoms with E-state index in [0.717, 1.165) is 23.3 Å². The molecule has 0 unspecified atom stereocenters. The molecule has 0 aliphatic carbocycles. The Morgan fingerprint density at radius 2 is 1.83 bits per heavy atom. The van der Waals surface area contributed by atoms with Crippen molar-refractivity contribution in [1.29, 1.82) is 0 Å². The van der Waals surface area contributed by atoms with Crippen molar-refractivity contribution in [3.8, 4) is 5.75 Å². The Kier molecular flexibility index (Phi) is 9.68. The fraction of sp³-hybridized carbons (Fsp3) is 0.417. The highest BCUT2D eigenvalue weighted by Gasteiger charge is 2.25. The Morgan fingerprint density at radius 1 is 1.13 bits per heavy atom. The minimum absolute atomic E-state index is 0.0582. The summed E-state index contributed by atoms with van der Waals surface area (Å²) in [5, 5.41) is 3.55. The van der Waals surface area contributed by atoms with Crippen LogP contribution in [-0.2, 0) is 16.1 Å². The molecule has 2 aromatic carbocycles. The molecule has 0 saturated carbocycles. The normalized spacial score (nSPS) is 11.6. The van der Waals surface area contributed by atoms with Crippen LogP contribution >= 0.6 is 11.6 Å². The van der Waals surface area contributed by atoms with Gasteiger partial charge in [0.1, 0.15) is 11.8 Å². The summed E-state index contributed by atoms with van der Waals surface area (Å²) in [7, 11) is 0. The first-order chi connectivity index (χ1) is 14.4. The fourth-order valence-corrected chi connectivity index (χ4v) is 3.16. The van der Waals surface area contributed by atoms with Crippen molar-refractivity contribution in [2.75, 3.05) is 13.2 Å². The molecule has 0 saturated heterocycles. The first kappa shape index (κ1) is 23.7. The zero-order valence-corrected chi connectivity index (χ0v) is 18.7. The molecule has 1 atom stereocenters. The minimum Gasteiger partial charge on any atom is -0.494 e. The van der Waals surface area contributed by atoms with Crippen LogP contribution < -0.4 is 10.1 Å². The molecule has 0 radical (unpaired) electrons. The lowest BCUT2D eigenvalue weighted by atomic mass is 10.1. The van der Waals surface area contributed by atoms with E-state index in [-0.39, 0.29) is 11.8 Å². The second-order valence-electron chi connectivity index (χ2n) is 7.32. The Morgan fingerprint density at radius 3 is 2.50 bits per heavy atom. The Bertz CT molecular complexity index is 823. The first-order valence-electron chi connectivity index (χ1n) is 10.4. The third-order valence-electron chi connectivity index (χ3n) is 4.94. The molecule has 0 fully saturated rings. The summed E-state index contributed by atoms with van der Waals surface area (Å²) in [6.45, 7) is 7.23. The molecule has 0 aliphatic rings. The first-order valence-corrected chi connectivity index (χ1v) is 10.8. The lowest BCUT2D eigenvalue weighted by Gasteiger charge is -2.29. The van der Waals surface area contributed by atoms with Crippen LogP contribution in [0.2, 0.25) is 5.02 Å². The second kappa shape index (κ2) is 12.2. The number of nitrogens with zero attached hydrogens (tertiary/aromatic N) is 1. The summed E-state index contributed by atoms with van der Waals surface area (Å²) in [5.74, 6) is 0.532. The molecule has 2 aromatic rings. The number of halogens is 1. The van der Waals surface area contributed by atoms with Crippen LogP contribution in [0, 0.1) is 6.92 Å². The number of aryl methyl sites for hydroxylation is 1.